The lowest BCUT2D eigenvalue weighted by Crippen LogP contribution is -2.37. The zero-order valence-corrected chi connectivity index (χ0v) is 18.5. The second-order valence-corrected chi connectivity index (χ2v) is 9.81. The highest BCUT2D eigenvalue weighted by Gasteiger charge is 2.30. The molecule has 3 heterocycles. The molecular weight excluding hydrogens is 448 g/mol. The van der Waals surface area contributed by atoms with E-state index in [4.69, 9.17) is 0 Å². The molecule has 5 N–H and O–H groups in total. The van der Waals surface area contributed by atoms with E-state index in [0.29, 0.717) is 16.6 Å². The van der Waals surface area contributed by atoms with Gasteiger partial charge in [-0.2, -0.15) is 11.3 Å². The Kier molecular flexibility index (Phi) is 4.94. The fourth-order valence-corrected chi connectivity index (χ4v) is 5.62. The van der Waals surface area contributed by atoms with Crippen LogP contribution < -0.4 is 16.3 Å². The number of anilines is 1. The van der Waals surface area contributed by atoms with Crippen molar-refractivity contribution in [1.29, 1.82) is 0 Å². The number of amidine groups is 1. The van der Waals surface area contributed by atoms with Crippen LogP contribution in [-0.2, 0) is 0 Å². The van der Waals surface area contributed by atoms with Crippen LogP contribution in [0.5, 0.6) is 5.75 Å². The molecule has 0 amide bonds. The van der Waals surface area contributed by atoms with Gasteiger partial charge in [-0.15, -0.1) is 4.40 Å². The molecule has 2 aromatic heterocycles. The Bertz CT molecular complexity index is 1410. The number of thiophene rings is 1. The van der Waals surface area contributed by atoms with Crippen molar-refractivity contribution in [2.75, 3.05) is 10.7 Å². The largest absolute Gasteiger partial charge is 0.506 e. The topological polar surface area (TPSA) is 119 Å². The summed E-state index contributed by atoms with van der Waals surface area (Å²) >= 11 is 1.56. The first-order valence-electron chi connectivity index (χ1n) is 9.77. The monoisotopic (exact) mass is 468 g/mol. The second-order valence-electron chi connectivity index (χ2n) is 7.37. The van der Waals surface area contributed by atoms with E-state index in [9.17, 15) is 19.0 Å². The van der Waals surface area contributed by atoms with Crippen molar-refractivity contribution in [3.8, 4) is 5.75 Å². The molecule has 0 saturated carbocycles. The molecule has 1 aliphatic heterocycles. The molecule has 0 aliphatic carbocycles. The third-order valence-corrected chi connectivity index (χ3v) is 7.40. The molecule has 1 atom stereocenters. The first kappa shape index (κ1) is 20.6. The summed E-state index contributed by atoms with van der Waals surface area (Å²) in [5.74, 6) is -0.386. The van der Waals surface area contributed by atoms with E-state index in [1.165, 1.54) is 4.68 Å². The summed E-state index contributed by atoms with van der Waals surface area (Å²) in [5.41, 5.74) is 4.40. The van der Waals surface area contributed by atoms with Crippen LogP contribution in [0, 0.1) is 0 Å². The van der Waals surface area contributed by atoms with Crippen LogP contribution in [0.2, 0.25) is 0 Å². The minimum absolute atomic E-state index is 0.101. The number of nitrogens with one attached hydrogen (secondary N) is 2. The van der Waals surface area contributed by atoms with Crippen LogP contribution >= 0.6 is 22.1 Å². The summed E-state index contributed by atoms with van der Waals surface area (Å²) in [6, 6.07) is 15.3. The average Bonchev–Trinajstić information content (AvgIpc) is 3.31. The standard InChI is InChI=1S/C22H20N4O4S2/c1-13(14-10-11-31-12-14)24-26-17-8-4-2-6-15(17)20(27)19(22(26)28)21-23-16-7-3-5-9-18(16)32(29,30)25-21/h2-13,24,27,29-30H,1H3,(H,23,25). The van der Waals surface area contributed by atoms with Crippen molar-refractivity contribution in [2.24, 2.45) is 4.40 Å². The zero-order valence-electron chi connectivity index (χ0n) is 16.9. The molecule has 0 spiro atoms. The van der Waals surface area contributed by atoms with Gasteiger partial charge in [-0.3, -0.25) is 13.9 Å². The second kappa shape index (κ2) is 7.68. The van der Waals surface area contributed by atoms with Crippen molar-refractivity contribution in [2.45, 2.75) is 17.9 Å². The number of hydrogen-bond acceptors (Lipinski definition) is 8. The van der Waals surface area contributed by atoms with Crippen molar-refractivity contribution < 1.29 is 14.2 Å². The summed E-state index contributed by atoms with van der Waals surface area (Å²) in [6.07, 6.45) is 0. The summed E-state index contributed by atoms with van der Waals surface area (Å²) in [7, 11) is -3.55. The third-order valence-electron chi connectivity index (χ3n) is 5.31. The number of rotatable bonds is 4. The predicted molar refractivity (Wildman–Crippen MR) is 130 cm³/mol. The van der Waals surface area contributed by atoms with E-state index in [2.05, 4.69) is 15.1 Å². The summed E-state index contributed by atoms with van der Waals surface area (Å²) in [6.45, 7) is 1.93. The van der Waals surface area contributed by atoms with E-state index in [0.717, 1.165) is 5.56 Å². The molecule has 4 aromatic rings. The summed E-state index contributed by atoms with van der Waals surface area (Å²) in [4.78, 5) is 13.8. The first-order valence-corrected chi connectivity index (χ1v) is 12.2. The maximum atomic E-state index is 13.6. The number of para-hydroxylation sites is 2. The molecular formula is C22H20N4O4S2. The molecule has 5 rings (SSSR count). The number of hydrogen-bond donors (Lipinski definition) is 5. The van der Waals surface area contributed by atoms with Gasteiger partial charge in [-0.25, -0.2) is 4.68 Å². The van der Waals surface area contributed by atoms with E-state index in [-0.39, 0.29) is 28.1 Å². The van der Waals surface area contributed by atoms with Crippen LogP contribution in [0.4, 0.5) is 5.69 Å². The van der Waals surface area contributed by atoms with Crippen LogP contribution in [-0.4, -0.2) is 24.7 Å². The number of aromatic hydroxyl groups is 1. The maximum Gasteiger partial charge on any atom is 0.284 e. The molecule has 32 heavy (non-hydrogen) atoms. The zero-order chi connectivity index (χ0) is 22.5. The number of benzene rings is 2. The quantitative estimate of drug-likeness (QED) is 0.289. The van der Waals surface area contributed by atoms with Gasteiger partial charge in [0.15, 0.2) is 5.84 Å². The molecule has 0 bridgehead atoms. The lowest BCUT2D eigenvalue weighted by atomic mass is 10.1. The normalized spacial score (nSPS) is 16.5. The van der Waals surface area contributed by atoms with E-state index < -0.39 is 16.3 Å². The van der Waals surface area contributed by atoms with Gasteiger partial charge in [-0.05, 0) is 53.6 Å². The molecule has 164 valence electrons. The van der Waals surface area contributed by atoms with Crippen LogP contribution in [0.15, 0.2) is 79.4 Å². The number of fused-ring (bicyclic) bond motifs is 2. The minimum atomic E-state index is -3.55. The van der Waals surface area contributed by atoms with E-state index in [1.807, 2.05) is 23.8 Å². The van der Waals surface area contributed by atoms with Crippen LogP contribution in [0.3, 0.4) is 0 Å². The smallest absolute Gasteiger partial charge is 0.284 e. The SMILES string of the molecule is CC(Nn1c(=O)c(C2=NS(O)(O)c3ccccc3N2)c(O)c2ccccc21)c1ccsc1. The molecule has 1 unspecified atom stereocenters. The molecule has 0 saturated heterocycles. The van der Waals surface area contributed by atoms with E-state index in [1.54, 1.807) is 59.9 Å². The van der Waals surface area contributed by atoms with Gasteiger partial charge in [0.2, 0.25) is 0 Å². The van der Waals surface area contributed by atoms with Gasteiger partial charge in [0.05, 0.1) is 17.2 Å². The number of nitrogens with zero attached hydrogens (tertiary/aromatic N) is 2. The van der Waals surface area contributed by atoms with E-state index >= 15 is 0 Å². The molecule has 2 aromatic carbocycles. The maximum absolute atomic E-state index is 13.6. The molecule has 10 heteroatoms. The van der Waals surface area contributed by atoms with Gasteiger partial charge >= 0.3 is 0 Å². The lowest BCUT2D eigenvalue weighted by Gasteiger charge is -2.34. The minimum Gasteiger partial charge on any atom is -0.506 e. The Hall–Kier alpha value is -3.31. The van der Waals surface area contributed by atoms with Gasteiger partial charge in [0, 0.05) is 5.39 Å². The lowest BCUT2D eigenvalue weighted by molar-refractivity contribution is 0.477. The Balaban J connectivity index is 1.71. The highest BCUT2D eigenvalue weighted by Crippen LogP contribution is 2.55. The summed E-state index contributed by atoms with van der Waals surface area (Å²) in [5, 5.41) is 18.4. The fraction of sp³-hybridized carbons (Fsp3) is 0.0909. The molecule has 1 aliphatic rings. The fourth-order valence-electron chi connectivity index (χ4n) is 3.70. The van der Waals surface area contributed by atoms with Crippen LogP contribution in [0.25, 0.3) is 10.9 Å². The number of pyridine rings is 1. The average molecular weight is 469 g/mol. The Labute approximate surface area is 189 Å². The molecule has 0 fully saturated rings. The highest BCUT2D eigenvalue weighted by molar-refractivity contribution is 8.23. The first-order chi connectivity index (χ1) is 15.4. The van der Waals surface area contributed by atoms with Gasteiger partial charge in [0.1, 0.15) is 16.2 Å². The van der Waals surface area contributed by atoms with Crippen molar-refractivity contribution >= 4 is 44.5 Å². The Morgan fingerprint density at radius 1 is 1.12 bits per heavy atom. The highest BCUT2D eigenvalue weighted by atomic mass is 32.3. The van der Waals surface area contributed by atoms with Crippen molar-refractivity contribution in [1.82, 2.24) is 4.68 Å². The number of aromatic nitrogens is 1. The molecule has 0 radical (unpaired) electrons. The van der Waals surface area contributed by atoms with Gasteiger partial charge in [-0.1, -0.05) is 35.0 Å². The van der Waals surface area contributed by atoms with Crippen molar-refractivity contribution in [3.05, 3.63) is 86.8 Å². The Morgan fingerprint density at radius 2 is 1.88 bits per heavy atom. The molecule has 8 nitrogen and oxygen atoms in total. The van der Waals surface area contributed by atoms with Crippen LogP contribution in [0.1, 0.15) is 24.1 Å². The van der Waals surface area contributed by atoms with Crippen molar-refractivity contribution in [3.63, 3.8) is 0 Å². The van der Waals surface area contributed by atoms with Gasteiger partial charge in [0.25, 0.3) is 5.56 Å². The third kappa shape index (κ3) is 3.33. The summed E-state index contributed by atoms with van der Waals surface area (Å²) < 4.78 is 26.6. The van der Waals surface area contributed by atoms with Gasteiger partial charge < -0.3 is 15.8 Å². The predicted octanol–water partition coefficient (Wildman–Crippen LogP) is 4.97. The Morgan fingerprint density at radius 3 is 2.66 bits per heavy atom.